The highest BCUT2D eigenvalue weighted by Crippen LogP contribution is 2.17. The predicted molar refractivity (Wildman–Crippen MR) is 80.1 cm³/mol. The Morgan fingerprint density at radius 3 is 2.62 bits per heavy atom. The molecule has 4 nitrogen and oxygen atoms in total. The van der Waals surface area contributed by atoms with E-state index >= 15 is 0 Å². The highest BCUT2D eigenvalue weighted by Gasteiger charge is 2.17. The van der Waals surface area contributed by atoms with Gasteiger partial charge in [-0.15, -0.1) is 6.58 Å². The predicted octanol–water partition coefficient (Wildman–Crippen LogP) is 2.42. The lowest BCUT2D eigenvalue weighted by molar-refractivity contribution is 0.636. The number of nitrogens with two attached hydrogens (primary N) is 1. The van der Waals surface area contributed by atoms with Crippen molar-refractivity contribution in [2.75, 3.05) is 0 Å². The van der Waals surface area contributed by atoms with Gasteiger partial charge in [-0.2, -0.15) is 0 Å². The van der Waals surface area contributed by atoms with Crippen molar-refractivity contribution in [3.8, 4) is 5.69 Å². The molecule has 21 heavy (non-hydrogen) atoms. The zero-order chi connectivity index (χ0) is 15.0. The number of rotatable bonds is 3. The van der Waals surface area contributed by atoms with Crippen LogP contribution in [-0.2, 0) is 0 Å². The molecule has 0 aliphatic heterocycles. The fourth-order valence-electron chi connectivity index (χ4n) is 2.37. The largest absolute Gasteiger partial charge is 0.319 e. The van der Waals surface area contributed by atoms with Crippen LogP contribution in [0.1, 0.15) is 11.7 Å². The SMILES string of the molecule is C=CC(N)c1cn2ccc(F)c2c(=O)n1-c1ccccc1. The van der Waals surface area contributed by atoms with Crippen LogP contribution in [0.15, 0.2) is 66.2 Å². The Morgan fingerprint density at radius 2 is 1.95 bits per heavy atom. The molecule has 0 saturated carbocycles. The van der Waals surface area contributed by atoms with Gasteiger partial charge in [-0.3, -0.25) is 9.36 Å². The monoisotopic (exact) mass is 283 g/mol. The van der Waals surface area contributed by atoms with Crippen LogP contribution in [-0.4, -0.2) is 8.97 Å². The zero-order valence-corrected chi connectivity index (χ0v) is 11.2. The second-order valence-electron chi connectivity index (χ2n) is 4.71. The van der Waals surface area contributed by atoms with Gasteiger partial charge in [0, 0.05) is 18.1 Å². The fourth-order valence-corrected chi connectivity index (χ4v) is 2.37. The molecule has 0 saturated heterocycles. The zero-order valence-electron chi connectivity index (χ0n) is 11.2. The summed E-state index contributed by atoms with van der Waals surface area (Å²) in [6, 6.07) is 9.74. The van der Waals surface area contributed by atoms with Crippen molar-refractivity contribution in [1.82, 2.24) is 8.97 Å². The second-order valence-corrected chi connectivity index (χ2v) is 4.71. The summed E-state index contributed by atoms with van der Waals surface area (Å²) >= 11 is 0. The standard InChI is InChI=1S/C16H14FN3O/c1-2-13(18)14-10-19-9-8-12(17)15(19)16(21)20(14)11-6-4-3-5-7-11/h2-10,13H,1,18H2. The Hall–Kier alpha value is -2.66. The van der Waals surface area contributed by atoms with Crippen LogP contribution in [0.25, 0.3) is 11.2 Å². The molecule has 2 aromatic heterocycles. The number of benzene rings is 1. The van der Waals surface area contributed by atoms with Crippen molar-refractivity contribution in [3.05, 3.63) is 83.3 Å². The van der Waals surface area contributed by atoms with Gasteiger partial charge in [0.1, 0.15) is 5.52 Å². The van der Waals surface area contributed by atoms with E-state index in [9.17, 15) is 9.18 Å². The van der Waals surface area contributed by atoms with Gasteiger partial charge in [0.05, 0.1) is 11.7 Å². The third-order valence-corrected chi connectivity index (χ3v) is 3.41. The summed E-state index contributed by atoms with van der Waals surface area (Å²) in [6.07, 6.45) is 4.69. The van der Waals surface area contributed by atoms with E-state index in [2.05, 4.69) is 6.58 Å². The van der Waals surface area contributed by atoms with Crippen molar-refractivity contribution in [1.29, 1.82) is 0 Å². The van der Waals surface area contributed by atoms with Crippen LogP contribution in [0.5, 0.6) is 0 Å². The van der Waals surface area contributed by atoms with E-state index in [-0.39, 0.29) is 5.52 Å². The second kappa shape index (κ2) is 5.03. The smallest absolute Gasteiger partial charge is 0.282 e. The number of aromatic nitrogens is 2. The summed E-state index contributed by atoms with van der Waals surface area (Å²) in [5, 5.41) is 0. The lowest BCUT2D eigenvalue weighted by Crippen LogP contribution is -2.27. The highest BCUT2D eigenvalue weighted by atomic mass is 19.1. The number of halogens is 1. The fraction of sp³-hybridized carbons (Fsp3) is 0.0625. The maximum atomic E-state index is 13.8. The molecule has 0 fully saturated rings. The number of para-hydroxylation sites is 1. The molecule has 1 aromatic carbocycles. The summed E-state index contributed by atoms with van der Waals surface area (Å²) < 4.78 is 16.7. The topological polar surface area (TPSA) is 52.4 Å². The Bertz CT molecular complexity index is 864. The number of fused-ring (bicyclic) bond motifs is 1. The van der Waals surface area contributed by atoms with E-state index in [1.54, 1.807) is 24.4 Å². The Balaban J connectivity index is 2.44. The van der Waals surface area contributed by atoms with Crippen LogP contribution in [0.3, 0.4) is 0 Å². The van der Waals surface area contributed by atoms with Crippen LogP contribution in [0.4, 0.5) is 4.39 Å². The molecule has 2 heterocycles. The molecule has 5 heteroatoms. The molecule has 0 amide bonds. The third-order valence-electron chi connectivity index (χ3n) is 3.41. The van der Waals surface area contributed by atoms with Crippen molar-refractivity contribution in [2.24, 2.45) is 5.73 Å². The molecule has 1 unspecified atom stereocenters. The molecule has 0 radical (unpaired) electrons. The molecule has 3 rings (SSSR count). The highest BCUT2D eigenvalue weighted by molar-refractivity contribution is 5.51. The van der Waals surface area contributed by atoms with Gasteiger partial charge in [0.15, 0.2) is 5.82 Å². The number of nitrogens with zero attached hydrogens (tertiary/aromatic N) is 2. The summed E-state index contributed by atoms with van der Waals surface area (Å²) in [6.45, 7) is 3.66. The molecular weight excluding hydrogens is 269 g/mol. The maximum absolute atomic E-state index is 13.8. The maximum Gasteiger partial charge on any atom is 0.282 e. The lowest BCUT2D eigenvalue weighted by atomic mass is 10.2. The minimum absolute atomic E-state index is 0.00105. The third kappa shape index (κ3) is 2.08. The van der Waals surface area contributed by atoms with E-state index in [1.165, 1.54) is 21.2 Å². The van der Waals surface area contributed by atoms with Crippen molar-refractivity contribution in [3.63, 3.8) is 0 Å². The first kappa shape index (κ1) is 13.3. The normalized spacial score (nSPS) is 12.5. The van der Waals surface area contributed by atoms with Crippen molar-refractivity contribution >= 4 is 5.52 Å². The molecular formula is C16H14FN3O. The summed E-state index contributed by atoms with van der Waals surface area (Å²) in [5.41, 5.74) is 6.75. The van der Waals surface area contributed by atoms with E-state index in [4.69, 9.17) is 5.73 Å². The van der Waals surface area contributed by atoms with Gasteiger partial charge >= 0.3 is 0 Å². The van der Waals surface area contributed by atoms with Gasteiger partial charge in [-0.1, -0.05) is 24.3 Å². The van der Waals surface area contributed by atoms with E-state index in [1.807, 2.05) is 18.2 Å². The van der Waals surface area contributed by atoms with Gasteiger partial charge in [-0.05, 0) is 18.2 Å². The van der Waals surface area contributed by atoms with Crippen LogP contribution in [0.2, 0.25) is 0 Å². The quantitative estimate of drug-likeness (QED) is 0.750. The van der Waals surface area contributed by atoms with Gasteiger partial charge in [0.2, 0.25) is 0 Å². The van der Waals surface area contributed by atoms with Crippen LogP contribution < -0.4 is 11.3 Å². The number of hydrogen-bond donors (Lipinski definition) is 1. The van der Waals surface area contributed by atoms with Crippen molar-refractivity contribution < 1.29 is 4.39 Å². The molecule has 0 aliphatic carbocycles. The Morgan fingerprint density at radius 1 is 1.24 bits per heavy atom. The molecule has 106 valence electrons. The van der Waals surface area contributed by atoms with E-state index < -0.39 is 17.4 Å². The van der Waals surface area contributed by atoms with Crippen LogP contribution >= 0.6 is 0 Å². The van der Waals surface area contributed by atoms with Gasteiger partial charge in [-0.25, -0.2) is 4.39 Å². The number of hydrogen-bond acceptors (Lipinski definition) is 2. The molecule has 3 aromatic rings. The minimum Gasteiger partial charge on any atom is -0.319 e. The average molecular weight is 283 g/mol. The van der Waals surface area contributed by atoms with Gasteiger partial charge < -0.3 is 10.1 Å². The Labute approximate surface area is 120 Å². The van der Waals surface area contributed by atoms with Gasteiger partial charge in [0.25, 0.3) is 5.56 Å². The molecule has 0 aliphatic rings. The molecule has 1 atom stereocenters. The first-order chi connectivity index (χ1) is 10.1. The average Bonchev–Trinajstić information content (AvgIpc) is 2.88. The summed E-state index contributed by atoms with van der Waals surface area (Å²) in [4.78, 5) is 12.7. The minimum atomic E-state index is -0.552. The summed E-state index contributed by atoms with van der Waals surface area (Å²) in [5.74, 6) is -0.552. The van der Waals surface area contributed by atoms with Crippen molar-refractivity contribution in [2.45, 2.75) is 6.04 Å². The molecule has 0 bridgehead atoms. The van der Waals surface area contributed by atoms with E-state index in [0.717, 1.165) is 0 Å². The lowest BCUT2D eigenvalue weighted by Gasteiger charge is -2.17. The molecule has 0 spiro atoms. The van der Waals surface area contributed by atoms with E-state index in [0.29, 0.717) is 11.4 Å². The molecule has 2 N–H and O–H groups in total. The van der Waals surface area contributed by atoms with Crippen LogP contribution in [0, 0.1) is 5.82 Å². The first-order valence-electron chi connectivity index (χ1n) is 6.49. The Kier molecular flexibility index (Phi) is 3.19. The first-order valence-corrected chi connectivity index (χ1v) is 6.49. The summed E-state index contributed by atoms with van der Waals surface area (Å²) in [7, 11) is 0.